The fourth-order valence-corrected chi connectivity index (χ4v) is 3.06. The molecule has 0 fully saturated rings. The number of amides is 2. The summed E-state index contributed by atoms with van der Waals surface area (Å²) in [5.41, 5.74) is 2.78. The van der Waals surface area contributed by atoms with E-state index in [4.69, 9.17) is 5.41 Å². The molecule has 1 unspecified atom stereocenters. The molecule has 0 saturated carbocycles. The van der Waals surface area contributed by atoms with Crippen LogP contribution in [-0.4, -0.2) is 48.4 Å². The van der Waals surface area contributed by atoms with Crippen molar-refractivity contribution in [3.8, 4) is 0 Å². The van der Waals surface area contributed by atoms with Crippen molar-refractivity contribution in [2.45, 2.75) is 65.0 Å². The Bertz CT molecular complexity index is 772. The molecule has 0 spiro atoms. The van der Waals surface area contributed by atoms with Crippen LogP contribution in [0.25, 0.3) is 0 Å². The topological polar surface area (TPSA) is 114 Å². The van der Waals surface area contributed by atoms with Crippen molar-refractivity contribution in [1.29, 1.82) is 5.41 Å². The zero-order valence-electron chi connectivity index (χ0n) is 19.5. The maximum Gasteiger partial charge on any atom is 0.246 e. The number of aliphatic hydroxyl groups excluding tert-OH is 1. The lowest BCUT2D eigenvalue weighted by molar-refractivity contribution is -0.126. The molecule has 2 atom stereocenters. The van der Waals surface area contributed by atoms with Crippen molar-refractivity contribution in [1.82, 2.24) is 10.6 Å². The molecular formula is C25H38N4O3. The van der Waals surface area contributed by atoms with E-state index in [9.17, 15) is 14.7 Å². The lowest BCUT2D eigenvalue weighted by atomic mass is 10.0. The molecule has 1 aromatic carbocycles. The second-order valence-electron chi connectivity index (χ2n) is 7.37. The van der Waals surface area contributed by atoms with E-state index in [-0.39, 0.29) is 18.2 Å². The molecule has 32 heavy (non-hydrogen) atoms. The van der Waals surface area contributed by atoms with Crippen molar-refractivity contribution >= 4 is 23.7 Å². The van der Waals surface area contributed by atoms with Gasteiger partial charge < -0.3 is 26.5 Å². The van der Waals surface area contributed by atoms with Gasteiger partial charge in [-0.1, -0.05) is 44.2 Å². The third-order valence-electron chi connectivity index (χ3n) is 4.84. The lowest BCUT2D eigenvalue weighted by Crippen LogP contribution is -2.41. The summed E-state index contributed by atoms with van der Waals surface area (Å²) in [6.07, 6.45) is 10.3. The third kappa shape index (κ3) is 10.5. The van der Waals surface area contributed by atoms with Gasteiger partial charge in [0.15, 0.2) is 0 Å². The Morgan fingerprint density at radius 3 is 2.53 bits per heavy atom. The number of hydrogen-bond donors (Lipinski definition) is 5. The number of rotatable bonds is 12. The molecule has 0 radical (unpaired) electrons. The van der Waals surface area contributed by atoms with E-state index in [1.807, 2.05) is 44.2 Å². The molecule has 0 bridgehead atoms. The van der Waals surface area contributed by atoms with E-state index in [1.54, 1.807) is 6.92 Å². The van der Waals surface area contributed by atoms with Crippen molar-refractivity contribution in [3.05, 3.63) is 53.6 Å². The maximum absolute atomic E-state index is 12.2. The van der Waals surface area contributed by atoms with Crippen LogP contribution in [-0.2, 0) is 16.0 Å². The third-order valence-corrected chi connectivity index (χ3v) is 4.84. The van der Waals surface area contributed by atoms with Gasteiger partial charge in [0, 0.05) is 18.7 Å². The molecule has 7 heteroatoms. The molecular weight excluding hydrogens is 404 g/mol. The van der Waals surface area contributed by atoms with Gasteiger partial charge in [0.05, 0.1) is 6.10 Å². The minimum Gasteiger partial charge on any atom is -0.387 e. The average Bonchev–Trinajstić information content (AvgIpc) is 2.83. The standard InChI is InChI=1S/C23H32N4O3.C2H6/c1-17(26-22(29)8-5-14-24)23(30)27-20-11-9-18(10-12-20)13-15-25-16-21(28)19-6-3-2-4-7-19;1-2/h3,6-7,9-12,14,17,21,24-25,28H,2,4-5,8,13,15-16H2,1H3,(H,26,29)(H,27,30);1-2H3/t17?,21-;/m0./s1. The van der Waals surface area contributed by atoms with Crippen molar-refractivity contribution in [2.75, 3.05) is 18.4 Å². The Morgan fingerprint density at radius 1 is 1.19 bits per heavy atom. The van der Waals surface area contributed by atoms with Crippen LogP contribution in [0, 0.1) is 5.41 Å². The monoisotopic (exact) mass is 442 g/mol. The molecule has 0 saturated heterocycles. The Kier molecular flexibility index (Phi) is 13.6. The summed E-state index contributed by atoms with van der Waals surface area (Å²) in [6, 6.07) is 6.93. The van der Waals surface area contributed by atoms with Crippen molar-refractivity contribution in [2.24, 2.45) is 0 Å². The van der Waals surface area contributed by atoms with E-state index in [0.717, 1.165) is 36.9 Å². The minimum absolute atomic E-state index is 0.204. The summed E-state index contributed by atoms with van der Waals surface area (Å²) in [6.45, 7) is 6.90. The Labute approximate surface area is 191 Å². The van der Waals surface area contributed by atoms with Crippen LogP contribution in [0.1, 0.15) is 52.0 Å². The van der Waals surface area contributed by atoms with Crippen LogP contribution in [0.4, 0.5) is 5.69 Å². The predicted octanol–water partition coefficient (Wildman–Crippen LogP) is 3.36. The molecule has 2 rings (SSSR count). The highest BCUT2D eigenvalue weighted by molar-refractivity contribution is 5.97. The number of aliphatic hydroxyl groups is 1. The van der Waals surface area contributed by atoms with Crippen molar-refractivity contribution in [3.63, 3.8) is 0 Å². The van der Waals surface area contributed by atoms with Crippen molar-refractivity contribution < 1.29 is 14.7 Å². The van der Waals surface area contributed by atoms with Gasteiger partial charge in [0.2, 0.25) is 11.8 Å². The number of benzene rings is 1. The van der Waals surface area contributed by atoms with Gasteiger partial charge in [-0.3, -0.25) is 9.59 Å². The molecule has 7 nitrogen and oxygen atoms in total. The molecule has 0 heterocycles. The second kappa shape index (κ2) is 15.9. The first-order valence-electron chi connectivity index (χ1n) is 11.4. The summed E-state index contributed by atoms with van der Waals surface area (Å²) in [5, 5.41) is 25.8. The van der Waals surface area contributed by atoms with Crippen LogP contribution in [0.5, 0.6) is 0 Å². The first-order valence-corrected chi connectivity index (χ1v) is 11.4. The number of nitrogens with one attached hydrogen (secondary N) is 4. The van der Waals surface area contributed by atoms with Gasteiger partial charge in [-0.15, -0.1) is 0 Å². The number of hydrogen-bond acceptors (Lipinski definition) is 5. The summed E-state index contributed by atoms with van der Waals surface area (Å²) < 4.78 is 0. The zero-order valence-corrected chi connectivity index (χ0v) is 19.5. The maximum atomic E-state index is 12.2. The molecule has 0 aromatic heterocycles. The van der Waals surface area contributed by atoms with Gasteiger partial charge in [-0.2, -0.15) is 0 Å². The molecule has 5 N–H and O–H groups in total. The van der Waals surface area contributed by atoms with Gasteiger partial charge in [-0.05, 0) is 68.6 Å². The van der Waals surface area contributed by atoms with Gasteiger partial charge >= 0.3 is 0 Å². The highest BCUT2D eigenvalue weighted by Gasteiger charge is 2.15. The highest BCUT2D eigenvalue weighted by atomic mass is 16.3. The largest absolute Gasteiger partial charge is 0.387 e. The Balaban J connectivity index is 0.00000249. The smallest absolute Gasteiger partial charge is 0.246 e. The van der Waals surface area contributed by atoms with Gasteiger partial charge in [0.1, 0.15) is 6.04 Å². The quantitative estimate of drug-likeness (QED) is 0.252. The highest BCUT2D eigenvalue weighted by Crippen LogP contribution is 2.13. The number of carbonyl (C=O) groups excluding carboxylic acids is 2. The van der Waals surface area contributed by atoms with Crippen LogP contribution >= 0.6 is 0 Å². The molecule has 2 amide bonds. The first kappa shape index (κ1) is 27.3. The lowest BCUT2D eigenvalue weighted by Gasteiger charge is -2.15. The summed E-state index contributed by atoms with van der Waals surface area (Å²) in [7, 11) is 0. The van der Waals surface area contributed by atoms with E-state index in [1.165, 1.54) is 6.21 Å². The summed E-state index contributed by atoms with van der Waals surface area (Å²) >= 11 is 0. The van der Waals surface area contributed by atoms with Crippen LogP contribution in [0.15, 0.2) is 48.1 Å². The molecule has 1 aliphatic rings. The van der Waals surface area contributed by atoms with Crippen LogP contribution in [0.2, 0.25) is 0 Å². The molecule has 1 aromatic rings. The first-order chi connectivity index (χ1) is 15.5. The Morgan fingerprint density at radius 2 is 1.91 bits per heavy atom. The van der Waals surface area contributed by atoms with E-state index >= 15 is 0 Å². The number of anilines is 1. The van der Waals surface area contributed by atoms with E-state index in [0.29, 0.717) is 18.7 Å². The zero-order chi connectivity index (χ0) is 23.8. The second-order valence-corrected chi connectivity index (χ2v) is 7.37. The fourth-order valence-electron chi connectivity index (χ4n) is 3.06. The van der Waals surface area contributed by atoms with Crippen LogP contribution in [0.3, 0.4) is 0 Å². The predicted molar refractivity (Wildman–Crippen MR) is 131 cm³/mol. The molecule has 1 aliphatic carbocycles. The average molecular weight is 443 g/mol. The van der Waals surface area contributed by atoms with E-state index in [2.05, 4.69) is 28.1 Å². The SMILES string of the molecule is CC.CC(NC(=O)CCC=N)C(=O)Nc1ccc(CCNC[C@H](O)C2=CCCC=C2)cc1. The molecule has 176 valence electrons. The van der Waals surface area contributed by atoms with E-state index < -0.39 is 12.1 Å². The molecule has 0 aliphatic heterocycles. The fraction of sp³-hybridized carbons (Fsp3) is 0.480. The number of allylic oxidation sites excluding steroid dienone is 2. The summed E-state index contributed by atoms with van der Waals surface area (Å²) in [4.78, 5) is 23.8. The number of carbonyl (C=O) groups is 2. The normalized spacial score (nSPS) is 14.3. The van der Waals surface area contributed by atoms with Gasteiger partial charge in [0.25, 0.3) is 0 Å². The summed E-state index contributed by atoms with van der Waals surface area (Å²) in [5.74, 6) is -0.530. The van der Waals surface area contributed by atoms with Crippen LogP contribution < -0.4 is 16.0 Å². The Hall–Kier alpha value is -2.77. The van der Waals surface area contributed by atoms with Gasteiger partial charge in [-0.25, -0.2) is 0 Å². The minimum atomic E-state index is -0.646.